The molecule has 18 heavy (non-hydrogen) atoms. The van der Waals surface area contributed by atoms with E-state index in [9.17, 15) is 0 Å². The summed E-state index contributed by atoms with van der Waals surface area (Å²) in [6, 6.07) is 5.54. The average molecular weight is 264 g/mol. The summed E-state index contributed by atoms with van der Waals surface area (Å²) in [6.07, 6.45) is 7.93. The number of nitrogens with two attached hydrogens (primary N) is 1. The fraction of sp³-hybridized carbons (Fsp3) is 0.571. The van der Waals surface area contributed by atoms with Crippen LogP contribution in [0.2, 0.25) is 0 Å². The molecule has 0 aromatic carbocycles. The summed E-state index contributed by atoms with van der Waals surface area (Å²) in [6.45, 7) is 0.758. The molecule has 1 aliphatic rings. The molecule has 1 heterocycles. The molecule has 3 nitrogen and oxygen atoms in total. The Morgan fingerprint density at radius 3 is 2.67 bits per heavy atom. The van der Waals surface area contributed by atoms with Gasteiger partial charge in [0, 0.05) is 6.07 Å². The van der Waals surface area contributed by atoms with Gasteiger partial charge in [-0.15, -0.1) is 0 Å². The van der Waals surface area contributed by atoms with E-state index < -0.39 is 0 Å². The maximum atomic E-state index is 5.77. The Kier molecular flexibility index (Phi) is 4.93. The van der Waals surface area contributed by atoms with Crippen molar-refractivity contribution in [2.24, 2.45) is 11.7 Å². The highest BCUT2D eigenvalue weighted by Gasteiger charge is 2.13. The van der Waals surface area contributed by atoms with Crippen LogP contribution in [0.4, 0.5) is 0 Å². The van der Waals surface area contributed by atoms with Crippen LogP contribution in [0.15, 0.2) is 18.2 Å². The third-order valence-corrected chi connectivity index (χ3v) is 3.63. The van der Waals surface area contributed by atoms with E-state index in [1.165, 1.54) is 38.5 Å². The van der Waals surface area contributed by atoms with Crippen molar-refractivity contribution in [3.05, 3.63) is 23.9 Å². The van der Waals surface area contributed by atoms with Gasteiger partial charge < -0.3 is 10.5 Å². The highest BCUT2D eigenvalue weighted by molar-refractivity contribution is 7.80. The molecule has 1 aromatic heterocycles. The van der Waals surface area contributed by atoms with Crippen LogP contribution < -0.4 is 10.5 Å². The normalized spacial score (nSPS) is 17.1. The third kappa shape index (κ3) is 3.95. The van der Waals surface area contributed by atoms with Gasteiger partial charge in [-0.25, -0.2) is 4.98 Å². The van der Waals surface area contributed by atoms with Crippen molar-refractivity contribution in [2.45, 2.75) is 38.5 Å². The first-order chi connectivity index (χ1) is 8.75. The summed E-state index contributed by atoms with van der Waals surface area (Å²) in [7, 11) is 0. The topological polar surface area (TPSA) is 48.1 Å². The van der Waals surface area contributed by atoms with Crippen LogP contribution in [0.25, 0.3) is 0 Å². The Balaban J connectivity index is 1.88. The van der Waals surface area contributed by atoms with E-state index in [0.29, 0.717) is 22.5 Å². The first-order valence-electron chi connectivity index (χ1n) is 6.65. The van der Waals surface area contributed by atoms with Gasteiger partial charge in [-0.3, -0.25) is 0 Å². The van der Waals surface area contributed by atoms with Crippen molar-refractivity contribution in [1.29, 1.82) is 0 Å². The molecular formula is C14H20N2OS. The molecule has 2 rings (SSSR count). The minimum absolute atomic E-state index is 0.315. The van der Waals surface area contributed by atoms with Gasteiger partial charge in [0.1, 0.15) is 10.7 Å². The minimum atomic E-state index is 0.315. The summed E-state index contributed by atoms with van der Waals surface area (Å²) in [4.78, 5) is 4.61. The van der Waals surface area contributed by atoms with E-state index >= 15 is 0 Å². The van der Waals surface area contributed by atoms with Crippen LogP contribution in [0, 0.1) is 5.92 Å². The molecule has 1 fully saturated rings. The summed E-state index contributed by atoms with van der Waals surface area (Å²) in [5.74, 6) is 1.30. The maximum absolute atomic E-state index is 5.77. The summed E-state index contributed by atoms with van der Waals surface area (Å²) >= 11 is 4.91. The third-order valence-electron chi connectivity index (χ3n) is 3.42. The number of aromatic nitrogens is 1. The number of nitrogens with zero attached hydrogens (tertiary/aromatic N) is 1. The molecule has 0 bridgehead atoms. The van der Waals surface area contributed by atoms with Gasteiger partial charge in [0.2, 0.25) is 5.88 Å². The second kappa shape index (κ2) is 6.69. The highest BCUT2D eigenvalue weighted by atomic mass is 32.1. The highest BCUT2D eigenvalue weighted by Crippen LogP contribution is 2.23. The molecule has 0 aliphatic heterocycles. The Bertz CT molecular complexity index is 401. The fourth-order valence-corrected chi connectivity index (χ4v) is 2.48. The van der Waals surface area contributed by atoms with E-state index in [-0.39, 0.29) is 0 Å². The Morgan fingerprint density at radius 2 is 2.00 bits per heavy atom. The number of hydrogen-bond donors (Lipinski definition) is 1. The number of hydrogen-bond acceptors (Lipinski definition) is 3. The van der Waals surface area contributed by atoms with Crippen LogP contribution in [-0.4, -0.2) is 16.6 Å². The van der Waals surface area contributed by atoms with E-state index in [2.05, 4.69) is 4.98 Å². The van der Waals surface area contributed by atoms with Gasteiger partial charge in [0.15, 0.2) is 0 Å². The molecule has 4 heteroatoms. The molecular weight excluding hydrogens is 244 g/mol. The molecule has 1 saturated carbocycles. The first kappa shape index (κ1) is 13.3. The molecule has 0 amide bonds. The lowest BCUT2D eigenvalue weighted by atomic mass is 10.0. The molecule has 98 valence electrons. The van der Waals surface area contributed by atoms with E-state index in [1.54, 1.807) is 6.07 Å². The summed E-state index contributed by atoms with van der Waals surface area (Å²) in [5.41, 5.74) is 6.18. The lowest BCUT2D eigenvalue weighted by molar-refractivity contribution is 0.226. The largest absolute Gasteiger partial charge is 0.477 e. The lowest BCUT2D eigenvalue weighted by Crippen LogP contribution is -2.14. The fourth-order valence-electron chi connectivity index (χ4n) is 2.37. The Hall–Kier alpha value is -1.16. The number of pyridine rings is 1. The second-order valence-electron chi connectivity index (χ2n) is 4.89. The smallest absolute Gasteiger partial charge is 0.213 e. The van der Waals surface area contributed by atoms with Crippen molar-refractivity contribution >= 4 is 17.2 Å². The van der Waals surface area contributed by atoms with E-state index in [1.807, 2.05) is 12.1 Å². The van der Waals surface area contributed by atoms with Gasteiger partial charge >= 0.3 is 0 Å². The maximum Gasteiger partial charge on any atom is 0.213 e. The van der Waals surface area contributed by atoms with Gasteiger partial charge in [0.05, 0.1) is 6.61 Å². The zero-order valence-electron chi connectivity index (χ0n) is 10.6. The van der Waals surface area contributed by atoms with Crippen LogP contribution in [0.5, 0.6) is 5.88 Å². The van der Waals surface area contributed by atoms with Crippen LogP contribution >= 0.6 is 12.2 Å². The van der Waals surface area contributed by atoms with Crippen molar-refractivity contribution in [1.82, 2.24) is 4.98 Å². The minimum Gasteiger partial charge on any atom is -0.477 e. The van der Waals surface area contributed by atoms with Crippen LogP contribution in [0.1, 0.15) is 44.2 Å². The predicted octanol–water partition coefficient (Wildman–Crippen LogP) is 3.07. The molecule has 0 spiro atoms. The van der Waals surface area contributed by atoms with Crippen molar-refractivity contribution in [2.75, 3.05) is 6.61 Å². The quantitative estimate of drug-likeness (QED) is 0.670. The van der Waals surface area contributed by atoms with Gasteiger partial charge in [-0.2, -0.15) is 0 Å². The Morgan fingerprint density at radius 1 is 1.28 bits per heavy atom. The van der Waals surface area contributed by atoms with Crippen molar-refractivity contribution in [3.8, 4) is 5.88 Å². The standard InChI is InChI=1S/C14H20N2OS/c15-14(18)12-8-5-9-13(16-12)17-10-11-6-3-1-2-4-7-11/h5,8-9,11H,1-4,6-7,10H2,(H2,15,18). The Labute approximate surface area is 114 Å². The molecule has 1 aliphatic carbocycles. The predicted molar refractivity (Wildman–Crippen MR) is 76.8 cm³/mol. The molecule has 0 unspecified atom stereocenters. The zero-order chi connectivity index (χ0) is 12.8. The summed E-state index contributed by atoms with van der Waals surface area (Å²) < 4.78 is 5.77. The van der Waals surface area contributed by atoms with E-state index in [4.69, 9.17) is 22.7 Å². The van der Waals surface area contributed by atoms with Gasteiger partial charge in [-0.05, 0) is 24.8 Å². The lowest BCUT2D eigenvalue weighted by Gasteiger charge is -2.14. The number of ether oxygens (including phenoxy) is 1. The molecule has 1 aromatic rings. The average Bonchev–Trinajstić information content (AvgIpc) is 2.65. The van der Waals surface area contributed by atoms with Crippen molar-refractivity contribution in [3.63, 3.8) is 0 Å². The zero-order valence-corrected chi connectivity index (χ0v) is 11.4. The monoisotopic (exact) mass is 264 g/mol. The molecule has 0 radical (unpaired) electrons. The first-order valence-corrected chi connectivity index (χ1v) is 7.06. The van der Waals surface area contributed by atoms with E-state index in [0.717, 1.165) is 6.61 Å². The van der Waals surface area contributed by atoms with Gasteiger partial charge in [-0.1, -0.05) is 44.0 Å². The molecule has 0 atom stereocenters. The van der Waals surface area contributed by atoms with Crippen LogP contribution in [0.3, 0.4) is 0 Å². The molecule has 0 saturated heterocycles. The molecule has 2 N–H and O–H groups in total. The SMILES string of the molecule is NC(=S)c1cccc(OCC2CCCCCC2)n1. The number of rotatable bonds is 4. The van der Waals surface area contributed by atoms with Gasteiger partial charge in [0.25, 0.3) is 0 Å². The van der Waals surface area contributed by atoms with Crippen LogP contribution in [-0.2, 0) is 0 Å². The van der Waals surface area contributed by atoms with Crippen molar-refractivity contribution < 1.29 is 4.74 Å². The number of thiocarbonyl (C=S) groups is 1. The summed E-state index contributed by atoms with van der Waals surface area (Å²) in [5, 5.41) is 0. The second-order valence-corrected chi connectivity index (χ2v) is 5.33.